The van der Waals surface area contributed by atoms with Crippen molar-refractivity contribution in [3.8, 4) is 0 Å². The van der Waals surface area contributed by atoms with Crippen molar-refractivity contribution < 1.29 is 4.79 Å². The Morgan fingerprint density at radius 3 is 2.06 bits per heavy atom. The molecule has 0 heterocycles. The fourth-order valence-electron chi connectivity index (χ4n) is 1.95. The summed E-state index contributed by atoms with van der Waals surface area (Å²) in [6.45, 7) is 13.0. The average molecular weight is 228 g/mol. The summed E-state index contributed by atoms with van der Waals surface area (Å²) in [5.41, 5.74) is 5.51. The fourth-order valence-corrected chi connectivity index (χ4v) is 1.95. The summed E-state index contributed by atoms with van der Waals surface area (Å²) >= 11 is 0. The van der Waals surface area contributed by atoms with Crippen molar-refractivity contribution in [2.75, 3.05) is 6.54 Å². The van der Waals surface area contributed by atoms with Gasteiger partial charge in [0.25, 0.3) is 0 Å². The van der Waals surface area contributed by atoms with Gasteiger partial charge >= 0.3 is 0 Å². The van der Waals surface area contributed by atoms with Crippen LogP contribution in [-0.2, 0) is 4.79 Å². The molecule has 0 fully saturated rings. The second kappa shape index (κ2) is 5.67. The first-order valence-corrected chi connectivity index (χ1v) is 6.09. The highest BCUT2D eigenvalue weighted by atomic mass is 16.1. The molecule has 0 aliphatic heterocycles. The van der Waals surface area contributed by atoms with E-state index in [1.807, 2.05) is 6.92 Å². The summed E-state index contributed by atoms with van der Waals surface area (Å²) in [7, 11) is 0. The topological polar surface area (TPSA) is 55.1 Å². The predicted octanol–water partition coefficient (Wildman–Crippen LogP) is 2.30. The second-order valence-electron chi connectivity index (χ2n) is 6.65. The van der Waals surface area contributed by atoms with Crippen LogP contribution in [-0.4, -0.2) is 18.0 Å². The molecule has 0 saturated heterocycles. The highest BCUT2D eigenvalue weighted by molar-refractivity contribution is 5.77. The lowest BCUT2D eigenvalue weighted by molar-refractivity contribution is -0.124. The highest BCUT2D eigenvalue weighted by Crippen LogP contribution is 2.20. The predicted molar refractivity (Wildman–Crippen MR) is 69.1 cm³/mol. The molecular weight excluding hydrogens is 200 g/mol. The van der Waals surface area contributed by atoms with E-state index in [0.717, 1.165) is 6.42 Å². The molecule has 0 bridgehead atoms. The fraction of sp³-hybridized carbons (Fsp3) is 0.923. The van der Waals surface area contributed by atoms with Gasteiger partial charge in [0.15, 0.2) is 0 Å². The summed E-state index contributed by atoms with van der Waals surface area (Å²) in [4.78, 5) is 11.8. The Morgan fingerprint density at radius 1 is 1.25 bits per heavy atom. The Kier molecular flexibility index (Phi) is 5.47. The van der Waals surface area contributed by atoms with E-state index in [-0.39, 0.29) is 16.9 Å². The molecule has 0 radical (unpaired) electrons. The van der Waals surface area contributed by atoms with Crippen LogP contribution in [0.15, 0.2) is 0 Å². The molecule has 0 aliphatic rings. The van der Waals surface area contributed by atoms with Crippen molar-refractivity contribution in [2.45, 2.75) is 59.9 Å². The summed E-state index contributed by atoms with van der Waals surface area (Å²) in [6.07, 6.45) is 1.46. The molecule has 3 N–H and O–H groups in total. The zero-order chi connectivity index (χ0) is 13.0. The third kappa shape index (κ3) is 6.83. The number of carbonyl (C=O) groups excluding carboxylic acids is 1. The van der Waals surface area contributed by atoms with Gasteiger partial charge in [-0.1, -0.05) is 34.6 Å². The van der Waals surface area contributed by atoms with Crippen LogP contribution in [0.25, 0.3) is 0 Å². The van der Waals surface area contributed by atoms with E-state index in [0.29, 0.717) is 18.9 Å². The van der Waals surface area contributed by atoms with E-state index in [1.165, 1.54) is 0 Å². The van der Waals surface area contributed by atoms with Gasteiger partial charge in [-0.05, 0) is 24.7 Å². The van der Waals surface area contributed by atoms with E-state index in [9.17, 15) is 4.79 Å². The van der Waals surface area contributed by atoms with Crippen LogP contribution >= 0.6 is 0 Å². The first kappa shape index (κ1) is 15.4. The molecule has 0 aliphatic carbocycles. The van der Waals surface area contributed by atoms with Gasteiger partial charge < -0.3 is 11.1 Å². The summed E-state index contributed by atoms with van der Waals surface area (Å²) in [5, 5.41) is 3.07. The largest absolute Gasteiger partial charge is 0.350 e. The Balaban J connectivity index is 4.37. The van der Waals surface area contributed by atoms with Crippen molar-refractivity contribution in [3.63, 3.8) is 0 Å². The zero-order valence-electron chi connectivity index (χ0n) is 11.7. The molecule has 0 aromatic carbocycles. The highest BCUT2D eigenvalue weighted by Gasteiger charge is 2.27. The van der Waals surface area contributed by atoms with Crippen LogP contribution in [0.4, 0.5) is 0 Å². The summed E-state index contributed by atoms with van der Waals surface area (Å²) in [6, 6.07) is 0. The van der Waals surface area contributed by atoms with Gasteiger partial charge in [0.2, 0.25) is 5.91 Å². The molecule has 0 rings (SSSR count). The van der Waals surface area contributed by atoms with Gasteiger partial charge in [-0.25, -0.2) is 0 Å². The van der Waals surface area contributed by atoms with Crippen molar-refractivity contribution in [3.05, 3.63) is 0 Å². The molecule has 3 heteroatoms. The standard InChI is InChI=1S/C13H28N2O/c1-10(2)7-13(6,9-14)15-11(16)8-12(3,4)5/h10H,7-9,14H2,1-6H3,(H,15,16). The lowest BCUT2D eigenvalue weighted by atomic mass is 9.88. The van der Waals surface area contributed by atoms with Crippen molar-refractivity contribution in [1.29, 1.82) is 0 Å². The zero-order valence-corrected chi connectivity index (χ0v) is 11.7. The van der Waals surface area contributed by atoms with E-state index in [1.54, 1.807) is 0 Å². The quantitative estimate of drug-likeness (QED) is 0.758. The summed E-state index contributed by atoms with van der Waals surface area (Å²) < 4.78 is 0. The van der Waals surface area contributed by atoms with Crippen molar-refractivity contribution in [1.82, 2.24) is 5.32 Å². The maximum atomic E-state index is 11.8. The Bertz CT molecular complexity index is 231. The number of hydrogen-bond donors (Lipinski definition) is 2. The van der Waals surface area contributed by atoms with Gasteiger partial charge in [0.05, 0.1) is 0 Å². The average Bonchev–Trinajstić information content (AvgIpc) is 1.98. The lowest BCUT2D eigenvalue weighted by Gasteiger charge is -2.32. The van der Waals surface area contributed by atoms with Crippen LogP contribution in [0, 0.1) is 11.3 Å². The first-order valence-electron chi connectivity index (χ1n) is 6.09. The Labute approximate surface area is 100 Å². The van der Waals surface area contributed by atoms with Gasteiger partial charge in [0, 0.05) is 18.5 Å². The molecule has 1 amide bonds. The normalized spacial score (nSPS) is 16.0. The Morgan fingerprint density at radius 2 is 1.75 bits per heavy atom. The van der Waals surface area contributed by atoms with Crippen LogP contribution < -0.4 is 11.1 Å². The minimum Gasteiger partial charge on any atom is -0.350 e. The number of nitrogens with two attached hydrogens (primary N) is 1. The first-order chi connectivity index (χ1) is 7.08. The molecule has 96 valence electrons. The van der Waals surface area contributed by atoms with E-state index in [4.69, 9.17) is 5.73 Å². The minimum atomic E-state index is -0.267. The molecule has 3 nitrogen and oxygen atoms in total. The maximum absolute atomic E-state index is 11.8. The molecular formula is C13H28N2O. The van der Waals surface area contributed by atoms with Crippen molar-refractivity contribution in [2.24, 2.45) is 17.1 Å². The molecule has 0 aromatic rings. The lowest BCUT2D eigenvalue weighted by Crippen LogP contribution is -2.52. The SMILES string of the molecule is CC(C)CC(C)(CN)NC(=O)CC(C)(C)C. The molecule has 0 spiro atoms. The van der Waals surface area contributed by atoms with Gasteiger partial charge in [-0.2, -0.15) is 0 Å². The third-order valence-corrected chi connectivity index (χ3v) is 2.44. The molecule has 1 unspecified atom stereocenters. The van der Waals surface area contributed by atoms with E-state index >= 15 is 0 Å². The maximum Gasteiger partial charge on any atom is 0.220 e. The van der Waals surface area contributed by atoms with Gasteiger partial charge in [0.1, 0.15) is 0 Å². The number of hydrogen-bond acceptors (Lipinski definition) is 2. The smallest absolute Gasteiger partial charge is 0.220 e. The number of nitrogens with one attached hydrogen (secondary N) is 1. The molecule has 1 atom stereocenters. The van der Waals surface area contributed by atoms with Gasteiger partial charge in [-0.15, -0.1) is 0 Å². The number of carbonyl (C=O) groups is 1. The van der Waals surface area contributed by atoms with Crippen LogP contribution in [0.2, 0.25) is 0 Å². The third-order valence-electron chi connectivity index (χ3n) is 2.44. The Hall–Kier alpha value is -0.570. The molecule has 16 heavy (non-hydrogen) atoms. The molecule has 0 saturated carbocycles. The van der Waals surface area contributed by atoms with Crippen LogP contribution in [0.3, 0.4) is 0 Å². The number of amides is 1. The molecule has 0 aromatic heterocycles. The van der Waals surface area contributed by atoms with Gasteiger partial charge in [-0.3, -0.25) is 4.79 Å². The van der Waals surface area contributed by atoms with E-state index in [2.05, 4.69) is 39.9 Å². The van der Waals surface area contributed by atoms with Crippen LogP contribution in [0.5, 0.6) is 0 Å². The van der Waals surface area contributed by atoms with E-state index < -0.39 is 0 Å². The second-order valence-corrected chi connectivity index (χ2v) is 6.65. The monoisotopic (exact) mass is 228 g/mol. The van der Waals surface area contributed by atoms with Crippen molar-refractivity contribution >= 4 is 5.91 Å². The van der Waals surface area contributed by atoms with Crippen LogP contribution in [0.1, 0.15) is 54.4 Å². The number of rotatable bonds is 5. The summed E-state index contributed by atoms with van der Waals surface area (Å²) in [5.74, 6) is 0.629. The minimum absolute atomic E-state index is 0.0252.